The first-order chi connectivity index (χ1) is 6.72. The summed E-state index contributed by atoms with van der Waals surface area (Å²) in [5.74, 6) is 0.513. The Morgan fingerprint density at radius 1 is 1.36 bits per heavy atom. The lowest BCUT2D eigenvalue weighted by atomic mass is 10.4. The zero-order valence-corrected chi connectivity index (χ0v) is 9.04. The van der Waals surface area contributed by atoms with Crippen molar-refractivity contribution in [3.63, 3.8) is 0 Å². The van der Waals surface area contributed by atoms with Crippen LogP contribution in [0.15, 0.2) is 6.07 Å². The lowest BCUT2D eigenvalue weighted by molar-refractivity contribution is 0.170. The van der Waals surface area contributed by atoms with Crippen molar-refractivity contribution in [1.29, 1.82) is 0 Å². The molecular formula is C9H13ClN2O2. The van der Waals surface area contributed by atoms with Crippen LogP contribution in [0.5, 0.6) is 5.88 Å². The van der Waals surface area contributed by atoms with E-state index in [1.807, 2.05) is 6.92 Å². The Hall–Kier alpha value is -0.870. The molecule has 0 fully saturated rings. The van der Waals surface area contributed by atoms with Gasteiger partial charge in [-0.3, -0.25) is 0 Å². The van der Waals surface area contributed by atoms with E-state index >= 15 is 0 Å². The molecular weight excluding hydrogens is 204 g/mol. The second-order valence-electron chi connectivity index (χ2n) is 2.81. The van der Waals surface area contributed by atoms with Crippen LogP contribution >= 0.6 is 11.6 Å². The molecule has 0 amide bonds. The van der Waals surface area contributed by atoms with E-state index in [1.54, 1.807) is 13.2 Å². The summed E-state index contributed by atoms with van der Waals surface area (Å²) in [7, 11) is 1.66. The number of hydrogen-bond donors (Lipinski definition) is 0. The highest BCUT2D eigenvalue weighted by molar-refractivity contribution is 6.28. The number of halogens is 1. The maximum absolute atomic E-state index is 5.66. The maximum atomic E-state index is 5.66. The number of hydrogen-bond acceptors (Lipinski definition) is 4. The predicted molar refractivity (Wildman–Crippen MR) is 53.8 cm³/mol. The smallest absolute Gasteiger partial charge is 0.225 e. The predicted octanol–water partition coefficient (Wildman–Crippen LogP) is 1.85. The zero-order valence-electron chi connectivity index (χ0n) is 8.29. The Labute approximate surface area is 88.2 Å². The molecule has 0 radical (unpaired) electrons. The van der Waals surface area contributed by atoms with Crippen LogP contribution < -0.4 is 4.74 Å². The minimum Gasteiger partial charge on any atom is -0.477 e. The van der Waals surface area contributed by atoms with Gasteiger partial charge in [0.05, 0.1) is 6.61 Å². The Morgan fingerprint density at radius 3 is 2.79 bits per heavy atom. The van der Waals surface area contributed by atoms with E-state index in [-0.39, 0.29) is 5.28 Å². The van der Waals surface area contributed by atoms with Crippen LogP contribution in [0.1, 0.15) is 12.1 Å². The van der Waals surface area contributed by atoms with Crippen LogP contribution in [-0.2, 0) is 4.74 Å². The second kappa shape index (κ2) is 5.78. The van der Waals surface area contributed by atoms with E-state index in [2.05, 4.69) is 9.97 Å². The van der Waals surface area contributed by atoms with Crippen molar-refractivity contribution in [3.05, 3.63) is 17.0 Å². The number of aryl methyl sites for hydroxylation is 1. The van der Waals surface area contributed by atoms with Crippen LogP contribution in [-0.4, -0.2) is 30.3 Å². The standard InChI is InChI=1S/C9H13ClN2O2/c1-7-6-8(12-9(10)11-7)14-5-3-4-13-2/h6H,3-5H2,1-2H3. The van der Waals surface area contributed by atoms with Crippen molar-refractivity contribution in [2.75, 3.05) is 20.3 Å². The molecule has 1 aromatic rings. The summed E-state index contributed by atoms with van der Waals surface area (Å²) >= 11 is 5.66. The number of aromatic nitrogens is 2. The van der Waals surface area contributed by atoms with Gasteiger partial charge in [-0.1, -0.05) is 0 Å². The molecule has 0 saturated carbocycles. The lowest BCUT2D eigenvalue weighted by Crippen LogP contribution is -2.03. The molecule has 1 rings (SSSR count). The van der Waals surface area contributed by atoms with E-state index in [0.717, 1.165) is 12.1 Å². The van der Waals surface area contributed by atoms with Gasteiger partial charge < -0.3 is 9.47 Å². The normalized spacial score (nSPS) is 10.2. The van der Waals surface area contributed by atoms with Crippen LogP contribution in [0.2, 0.25) is 5.28 Å². The van der Waals surface area contributed by atoms with E-state index in [0.29, 0.717) is 19.1 Å². The molecule has 4 nitrogen and oxygen atoms in total. The van der Waals surface area contributed by atoms with E-state index in [9.17, 15) is 0 Å². The fourth-order valence-electron chi connectivity index (χ4n) is 0.959. The number of ether oxygens (including phenoxy) is 2. The summed E-state index contributed by atoms with van der Waals surface area (Å²) in [6.45, 7) is 3.09. The van der Waals surface area contributed by atoms with Gasteiger partial charge in [0.25, 0.3) is 0 Å². The molecule has 0 unspecified atom stereocenters. The number of nitrogens with zero attached hydrogens (tertiary/aromatic N) is 2. The van der Waals surface area contributed by atoms with E-state index < -0.39 is 0 Å². The first-order valence-corrected chi connectivity index (χ1v) is 4.73. The summed E-state index contributed by atoms with van der Waals surface area (Å²) in [6, 6.07) is 1.75. The van der Waals surface area contributed by atoms with Crippen LogP contribution in [0.4, 0.5) is 0 Å². The lowest BCUT2D eigenvalue weighted by Gasteiger charge is -2.05. The van der Waals surface area contributed by atoms with Crippen molar-refractivity contribution in [3.8, 4) is 5.88 Å². The van der Waals surface area contributed by atoms with Crippen molar-refractivity contribution in [1.82, 2.24) is 9.97 Å². The average Bonchev–Trinajstić information content (AvgIpc) is 2.11. The number of rotatable bonds is 5. The van der Waals surface area contributed by atoms with Gasteiger partial charge in [-0.2, -0.15) is 4.98 Å². The van der Waals surface area contributed by atoms with Crippen molar-refractivity contribution in [2.24, 2.45) is 0 Å². The van der Waals surface area contributed by atoms with Crippen molar-refractivity contribution in [2.45, 2.75) is 13.3 Å². The van der Waals surface area contributed by atoms with Crippen molar-refractivity contribution >= 4 is 11.6 Å². The largest absolute Gasteiger partial charge is 0.477 e. The molecule has 1 aromatic heterocycles. The first-order valence-electron chi connectivity index (χ1n) is 4.35. The third-order valence-corrected chi connectivity index (χ3v) is 1.72. The van der Waals surface area contributed by atoms with Gasteiger partial charge >= 0.3 is 0 Å². The quantitative estimate of drug-likeness (QED) is 0.557. The molecule has 0 aliphatic heterocycles. The summed E-state index contributed by atoms with van der Waals surface area (Å²) in [4.78, 5) is 7.85. The molecule has 78 valence electrons. The molecule has 0 atom stereocenters. The average molecular weight is 217 g/mol. The molecule has 0 aromatic carbocycles. The molecule has 0 bridgehead atoms. The van der Waals surface area contributed by atoms with Crippen LogP contribution in [0, 0.1) is 6.92 Å². The van der Waals surface area contributed by atoms with E-state index in [1.165, 1.54) is 0 Å². The van der Waals surface area contributed by atoms with Crippen molar-refractivity contribution < 1.29 is 9.47 Å². The van der Waals surface area contributed by atoms with Crippen LogP contribution in [0.25, 0.3) is 0 Å². The minimum atomic E-state index is 0.215. The van der Waals surface area contributed by atoms with E-state index in [4.69, 9.17) is 21.1 Å². The molecule has 0 saturated heterocycles. The third kappa shape index (κ3) is 3.89. The first kappa shape index (κ1) is 11.2. The SMILES string of the molecule is COCCCOc1cc(C)nc(Cl)n1. The zero-order chi connectivity index (χ0) is 10.4. The van der Waals surface area contributed by atoms with Gasteiger partial charge in [0, 0.05) is 31.9 Å². The fraction of sp³-hybridized carbons (Fsp3) is 0.556. The second-order valence-corrected chi connectivity index (χ2v) is 3.15. The molecule has 5 heteroatoms. The summed E-state index contributed by atoms with van der Waals surface area (Å²) in [5.41, 5.74) is 0.798. The highest BCUT2D eigenvalue weighted by Gasteiger charge is 2.00. The van der Waals surface area contributed by atoms with Gasteiger partial charge in [0.15, 0.2) is 0 Å². The Morgan fingerprint density at radius 2 is 2.14 bits per heavy atom. The van der Waals surface area contributed by atoms with Gasteiger partial charge in [-0.15, -0.1) is 0 Å². The summed E-state index contributed by atoms with van der Waals surface area (Å²) < 4.78 is 10.2. The van der Waals surface area contributed by atoms with Gasteiger partial charge in [-0.25, -0.2) is 4.98 Å². The molecule has 0 N–H and O–H groups in total. The van der Waals surface area contributed by atoms with Crippen LogP contribution in [0.3, 0.4) is 0 Å². The summed E-state index contributed by atoms with van der Waals surface area (Å²) in [5, 5.41) is 0.215. The van der Waals surface area contributed by atoms with Gasteiger partial charge in [-0.05, 0) is 18.5 Å². The Balaban J connectivity index is 2.42. The molecule has 0 aliphatic carbocycles. The highest BCUT2D eigenvalue weighted by atomic mass is 35.5. The van der Waals surface area contributed by atoms with Gasteiger partial charge in [0.1, 0.15) is 0 Å². The monoisotopic (exact) mass is 216 g/mol. The topological polar surface area (TPSA) is 44.2 Å². The van der Waals surface area contributed by atoms with Gasteiger partial charge in [0.2, 0.25) is 11.2 Å². The Kier molecular flexibility index (Phi) is 4.62. The summed E-state index contributed by atoms with van der Waals surface area (Å²) in [6.07, 6.45) is 0.831. The maximum Gasteiger partial charge on any atom is 0.225 e. The molecule has 14 heavy (non-hydrogen) atoms. The Bertz CT molecular complexity index is 274. The molecule has 0 aliphatic rings. The molecule has 1 heterocycles. The third-order valence-electron chi connectivity index (χ3n) is 1.55. The molecule has 0 spiro atoms. The fourth-order valence-corrected chi connectivity index (χ4v) is 1.18. The number of methoxy groups -OCH3 is 1. The highest BCUT2D eigenvalue weighted by Crippen LogP contribution is 2.11. The minimum absolute atomic E-state index is 0.215.